The first-order valence-electron chi connectivity index (χ1n) is 12.4. The maximum atomic E-state index is 11.3. The largest absolute Gasteiger partial charge is 0.394 e. The zero-order chi connectivity index (χ0) is 26.2. The summed E-state index contributed by atoms with van der Waals surface area (Å²) in [4.78, 5) is 0. The third kappa shape index (κ3) is 4.95. The molecule has 11 nitrogen and oxygen atoms in total. The molecule has 4 aromatic heterocycles. The summed E-state index contributed by atoms with van der Waals surface area (Å²) in [6.07, 6.45) is 1.86. The summed E-state index contributed by atoms with van der Waals surface area (Å²) in [6.45, 7) is -0.423. The Bertz CT molecular complexity index is 1310. The van der Waals surface area contributed by atoms with Gasteiger partial charge in [0.2, 0.25) is 0 Å². The lowest BCUT2D eigenvalue weighted by atomic mass is 9.92. The van der Waals surface area contributed by atoms with E-state index in [0.717, 1.165) is 36.1 Å². The van der Waals surface area contributed by atoms with E-state index in [2.05, 4.69) is 20.6 Å². The van der Waals surface area contributed by atoms with Gasteiger partial charge in [0, 0.05) is 27.1 Å². The molecular weight excluding hydrogens is 549 g/mol. The zero-order valence-electron chi connectivity index (χ0n) is 20.2. The summed E-state index contributed by atoms with van der Waals surface area (Å²) in [6, 6.07) is 2.76. The summed E-state index contributed by atoms with van der Waals surface area (Å²) in [5, 5.41) is 68.1. The molecule has 14 heteroatoms. The molecule has 0 aromatic carbocycles. The third-order valence-electron chi connectivity index (χ3n) is 7.22. The molecule has 6 rings (SSSR count). The van der Waals surface area contributed by atoms with E-state index in [1.165, 1.54) is 27.8 Å². The van der Waals surface area contributed by atoms with Gasteiger partial charge in [0.1, 0.15) is 41.2 Å². The first-order chi connectivity index (χ1) is 18.5. The minimum Gasteiger partial charge on any atom is -0.394 e. The summed E-state index contributed by atoms with van der Waals surface area (Å²) in [5.41, 5.74) is 2.48. The quantitative estimate of drug-likeness (QED) is 0.258. The SMILES string of the molecule is OCC1O[C@@H](S[C@@H]2CCCC(n3cc(-c4ccsc4)nn3)C2O)C(O)C(n2cc(-c3ccsc3)nn2)[C@H]1O. The highest BCUT2D eigenvalue weighted by Crippen LogP contribution is 2.42. The highest BCUT2D eigenvalue weighted by atomic mass is 32.2. The second-order valence-corrected chi connectivity index (χ2v) is 12.5. The molecule has 5 heterocycles. The number of ether oxygens (including phenoxy) is 1. The summed E-state index contributed by atoms with van der Waals surface area (Å²) in [7, 11) is 0. The predicted octanol–water partition coefficient (Wildman–Crippen LogP) is 2.19. The highest BCUT2D eigenvalue weighted by molar-refractivity contribution is 8.00. The van der Waals surface area contributed by atoms with E-state index in [0.29, 0.717) is 5.69 Å². The van der Waals surface area contributed by atoms with Crippen LogP contribution in [0.5, 0.6) is 0 Å². The van der Waals surface area contributed by atoms with Crippen molar-refractivity contribution in [2.75, 3.05) is 6.61 Å². The van der Waals surface area contributed by atoms with Crippen LogP contribution in [0.4, 0.5) is 0 Å². The Balaban J connectivity index is 1.19. The molecule has 1 saturated heterocycles. The van der Waals surface area contributed by atoms with E-state index in [1.807, 2.05) is 39.8 Å². The van der Waals surface area contributed by atoms with Gasteiger partial charge in [-0.15, -0.1) is 22.0 Å². The van der Waals surface area contributed by atoms with Crippen LogP contribution in [0.25, 0.3) is 22.5 Å². The van der Waals surface area contributed by atoms with Gasteiger partial charge in [0.05, 0.1) is 31.1 Å². The van der Waals surface area contributed by atoms with Crippen LogP contribution in [0.15, 0.2) is 46.0 Å². The van der Waals surface area contributed by atoms with Gasteiger partial charge in [-0.3, -0.25) is 0 Å². The van der Waals surface area contributed by atoms with Gasteiger partial charge in [-0.05, 0) is 35.7 Å². The molecule has 1 aliphatic carbocycles. The van der Waals surface area contributed by atoms with Gasteiger partial charge in [-0.1, -0.05) is 16.8 Å². The topological polar surface area (TPSA) is 152 Å². The number of aromatic nitrogens is 6. The standard InChI is InChI=1S/C24H28N6O5S3/c31-10-18-22(33)20(30-9-16(26-28-30)14-5-7-37-12-14)23(34)24(35-18)38-19-3-1-2-17(21(19)32)29-8-15(25-27-29)13-4-6-36-11-13/h4-9,11-12,17-24,31-34H,1-3,10H2/t17?,18?,19-,20?,21?,22+,23?,24+/m1/s1. The van der Waals surface area contributed by atoms with Crippen molar-refractivity contribution < 1.29 is 25.2 Å². The Morgan fingerprint density at radius 2 is 1.55 bits per heavy atom. The molecule has 2 fully saturated rings. The average molecular weight is 577 g/mol. The van der Waals surface area contributed by atoms with Crippen LogP contribution in [0, 0.1) is 0 Å². The lowest BCUT2D eigenvalue weighted by molar-refractivity contribution is -0.178. The van der Waals surface area contributed by atoms with Crippen LogP contribution in [-0.2, 0) is 4.74 Å². The molecule has 1 aliphatic heterocycles. The number of hydrogen-bond donors (Lipinski definition) is 4. The molecular formula is C24H28N6O5S3. The van der Waals surface area contributed by atoms with E-state index in [9.17, 15) is 20.4 Å². The summed E-state index contributed by atoms with van der Waals surface area (Å²) >= 11 is 4.45. The van der Waals surface area contributed by atoms with Gasteiger partial charge in [-0.2, -0.15) is 22.7 Å². The zero-order valence-corrected chi connectivity index (χ0v) is 22.6. The molecule has 4 aromatic rings. The molecule has 0 amide bonds. The number of rotatable bonds is 7. The smallest absolute Gasteiger partial charge is 0.132 e. The van der Waals surface area contributed by atoms with Crippen molar-refractivity contribution >= 4 is 34.4 Å². The summed E-state index contributed by atoms with van der Waals surface area (Å²) < 4.78 is 9.12. The summed E-state index contributed by atoms with van der Waals surface area (Å²) in [5.74, 6) is 0. The maximum absolute atomic E-state index is 11.3. The molecule has 2 aliphatic rings. The fourth-order valence-electron chi connectivity index (χ4n) is 5.17. The Hall–Kier alpha value is -2.17. The minimum absolute atomic E-state index is 0.255. The van der Waals surface area contributed by atoms with E-state index in [4.69, 9.17) is 4.74 Å². The Morgan fingerprint density at radius 3 is 2.18 bits per heavy atom. The average Bonchev–Trinajstić information content (AvgIpc) is 3.74. The van der Waals surface area contributed by atoms with E-state index < -0.39 is 42.5 Å². The fourth-order valence-corrected chi connectivity index (χ4v) is 7.98. The maximum Gasteiger partial charge on any atom is 0.132 e. The van der Waals surface area contributed by atoms with Crippen LogP contribution >= 0.6 is 34.4 Å². The van der Waals surface area contributed by atoms with Crippen LogP contribution in [-0.4, -0.2) is 92.1 Å². The van der Waals surface area contributed by atoms with Gasteiger partial charge < -0.3 is 25.2 Å². The Labute approximate surface area is 230 Å². The third-order valence-corrected chi connectivity index (χ3v) is 10.1. The van der Waals surface area contributed by atoms with Crippen molar-refractivity contribution in [3.63, 3.8) is 0 Å². The molecule has 8 atom stereocenters. The number of thioether (sulfide) groups is 1. The highest BCUT2D eigenvalue weighted by Gasteiger charge is 2.48. The number of aliphatic hydroxyl groups is 4. The van der Waals surface area contributed by atoms with Crippen molar-refractivity contribution in [3.05, 3.63) is 46.0 Å². The fraction of sp³-hybridized carbons (Fsp3) is 0.500. The monoisotopic (exact) mass is 576 g/mol. The van der Waals surface area contributed by atoms with E-state index in [-0.39, 0.29) is 11.3 Å². The molecule has 5 unspecified atom stereocenters. The van der Waals surface area contributed by atoms with Gasteiger partial charge >= 0.3 is 0 Å². The second-order valence-electron chi connectivity index (χ2n) is 9.55. The number of aliphatic hydroxyl groups excluding tert-OH is 4. The number of hydrogen-bond acceptors (Lipinski definition) is 12. The van der Waals surface area contributed by atoms with Crippen LogP contribution in [0.3, 0.4) is 0 Å². The van der Waals surface area contributed by atoms with Gasteiger partial charge in [-0.25, -0.2) is 9.36 Å². The molecule has 38 heavy (non-hydrogen) atoms. The Morgan fingerprint density at radius 1 is 0.895 bits per heavy atom. The molecule has 0 spiro atoms. The first-order valence-corrected chi connectivity index (χ1v) is 15.2. The van der Waals surface area contributed by atoms with Crippen molar-refractivity contribution in [1.29, 1.82) is 0 Å². The molecule has 0 bridgehead atoms. The normalized spacial score (nSPS) is 32.0. The van der Waals surface area contributed by atoms with Crippen LogP contribution in [0.1, 0.15) is 31.3 Å². The van der Waals surface area contributed by atoms with E-state index in [1.54, 1.807) is 22.2 Å². The number of thiophene rings is 2. The first kappa shape index (κ1) is 26.1. The molecule has 202 valence electrons. The van der Waals surface area contributed by atoms with Crippen molar-refractivity contribution in [1.82, 2.24) is 30.0 Å². The molecule has 4 N–H and O–H groups in total. The van der Waals surface area contributed by atoms with Gasteiger partial charge in [0.15, 0.2) is 0 Å². The second kappa shape index (κ2) is 11.1. The van der Waals surface area contributed by atoms with Crippen molar-refractivity contribution in [2.24, 2.45) is 0 Å². The molecule has 1 saturated carbocycles. The predicted molar refractivity (Wildman–Crippen MR) is 144 cm³/mol. The van der Waals surface area contributed by atoms with Crippen LogP contribution < -0.4 is 0 Å². The number of nitrogens with zero attached hydrogens (tertiary/aromatic N) is 6. The van der Waals surface area contributed by atoms with Crippen molar-refractivity contribution in [3.8, 4) is 22.5 Å². The lowest BCUT2D eigenvalue weighted by Crippen LogP contribution is -2.55. The van der Waals surface area contributed by atoms with Crippen LogP contribution in [0.2, 0.25) is 0 Å². The van der Waals surface area contributed by atoms with Crippen molar-refractivity contribution in [2.45, 2.75) is 66.4 Å². The minimum atomic E-state index is -1.20. The van der Waals surface area contributed by atoms with E-state index >= 15 is 0 Å². The Kier molecular flexibility index (Phi) is 7.64. The molecule has 0 radical (unpaired) electrons. The lowest BCUT2D eigenvalue weighted by Gasteiger charge is -2.44. The van der Waals surface area contributed by atoms with Gasteiger partial charge in [0.25, 0.3) is 0 Å².